The average molecular weight is 146 g/mol. The van der Waals surface area contributed by atoms with E-state index in [4.69, 9.17) is 0 Å². The summed E-state index contributed by atoms with van der Waals surface area (Å²) in [5.74, 6) is 1.02. The van der Waals surface area contributed by atoms with E-state index in [1.165, 1.54) is 31.2 Å². The highest BCUT2D eigenvalue weighted by molar-refractivity contribution is 7.97. The van der Waals surface area contributed by atoms with Gasteiger partial charge in [-0.05, 0) is 19.4 Å². The van der Waals surface area contributed by atoms with E-state index in [2.05, 4.69) is 0 Å². The first-order valence-electron chi connectivity index (χ1n) is 3.47. The van der Waals surface area contributed by atoms with Gasteiger partial charge in [0.05, 0.1) is 0 Å². The normalized spacial score (nSPS) is 25.0. The summed E-state index contributed by atoms with van der Waals surface area (Å²) in [6.45, 7) is 0.727. The number of hydrogen-bond donors (Lipinski definition) is 0. The van der Waals surface area contributed by atoms with E-state index in [1.807, 2.05) is 0 Å². The van der Waals surface area contributed by atoms with Crippen LogP contribution in [0.3, 0.4) is 0 Å². The molecule has 1 rings (SSSR count). The van der Waals surface area contributed by atoms with E-state index >= 15 is 0 Å². The van der Waals surface area contributed by atoms with Crippen LogP contribution in [0.1, 0.15) is 25.7 Å². The van der Waals surface area contributed by atoms with Crippen LogP contribution in [-0.4, -0.2) is 16.8 Å². The van der Waals surface area contributed by atoms with Gasteiger partial charge in [-0.2, -0.15) is 0 Å². The van der Waals surface area contributed by atoms with Crippen LogP contribution in [0.2, 0.25) is 0 Å². The van der Waals surface area contributed by atoms with Crippen molar-refractivity contribution in [2.24, 2.45) is 0 Å². The maximum atomic E-state index is 10.7. The third-order valence-electron chi connectivity index (χ3n) is 1.47. The molecular formula is C6H12NOS-. The Labute approximate surface area is 60.3 Å². The smallest absolute Gasteiger partial charge is 0.00717 e. The third-order valence-corrected chi connectivity index (χ3v) is 2.41. The number of hydroxylamine groups is 1. The van der Waals surface area contributed by atoms with Crippen molar-refractivity contribution in [1.29, 1.82) is 0 Å². The Kier molecular flexibility index (Phi) is 3.40. The molecule has 0 N–H and O–H groups in total. The van der Waals surface area contributed by atoms with Gasteiger partial charge in [-0.1, -0.05) is 24.8 Å². The Morgan fingerprint density at radius 1 is 1.11 bits per heavy atom. The molecule has 1 aliphatic rings. The van der Waals surface area contributed by atoms with Gasteiger partial charge in [-0.25, -0.2) is 0 Å². The Bertz CT molecular complexity index is 71.5. The van der Waals surface area contributed by atoms with Crippen molar-refractivity contribution >= 4 is 11.9 Å². The first-order valence-corrected chi connectivity index (χ1v) is 4.41. The van der Waals surface area contributed by atoms with E-state index in [0.29, 0.717) is 0 Å². The minimum absolute atomic E-state index is 0.727. The summed E-state index contributed by atoms with van der Waals surface area (Å²) in [7, 11) is 0. The molecule has 3 heteroatoms. The topological polar surface area (TPSA) is 26.3 Å². The van der Waals surface area contributed by atoms with Crippen LogP contribution in [-0.2, 0) is 0 Å². The van der Waals surface area contributed by atoms with E-state index in [1.54, 1.807) is 0 Å². The van der Waals surface area contributed by atoms with Crippen molar-refractivity contribution in [3.8, 4) is 0 Å². The number of nitrogens with zero attached hydrogens (tertiary/aromatic N) is 1. The molecule has 0 aromatic heterocycles. The lowest BCUT2D eigenvalue weighted by atomic mass is 10.2. The summed E-state index contributed by atoms with van der Waals surface area (Å²) in [6, 6.07) is 0. The molecule has 0 atom stereocenters. The molecule has 0 unspecified atom stereocenters. The lowest BCUT2D eigenvalue weighted by Crippen LogP contribution is -2.11. The predicted molar refractivity (Wildman–Crippen MR) is 41.0 cm³/mol. The van der Waals surface area contributed by atoms with Crippen molar-refractivity contribution in [3.05, 3.63) is 5.21 Å². The largest absolute Gasteiger partial charge is 0.776 e. The highest BCUT2D eigenvalue weighted by Crippen LogP contribution is 2.16. The summed E-state index contributed by atoms with van der Waals surface area (Å²) in [4.78, 5) is 0. The molecule has 0 radical (unpaired) electrons. The van der Waals surface area contributed by atoms with Crippen LogP contribution in [0.4, 0.5) is 0 Å². The molecule has 1 heterocycles. The molecule has 0 aliphatic carbocycles. The standard InChI is InChI=1S/C6H12NOS/c8-7-5-3-1-2-4-6-9-7/h1-6H2/q-1. The van der Waals surface area contributed by atoms with Crippen LogP contribution in [0, 0.1) is 5.21 Å². The van der Waals surface area contributed by atoms with Crippen molar-refractivity contribution in [2.45, 2.75) is 25.7 Å². The lowest BCUT2D eigenvalue weighted by molar-refractivity contribution is 0.537. The highest BCUT2D eigenvalue weighted by Gasteiger charge is 1.98. The second-order valence-corrected chi connectivity index (χ2v) is 3.38. The van der Waals surface area contributed by atoms with Crippen LogP contribution < -0.4 is 0 Å². The summed E-state index contributed by atoms with van der Waals surface area (Å²) in [6.07, 6.45) is 4.83. The second-order valence-electron chi connectivity index (χ2n) is 2.30. The van der Waals surface area contributed by atoms with Gasteiger partial charge in [-0.3, -0.25) is 0 Å². The van der Waals surface area contributed by atoms with E-state index in [9.17, 15) is 5.21 Å². The number of rotatable bonds is 0. The van der Waals surface area contributed by atoms with E-state index < -0.39 is 0 Å². The minimum Gasteiger partial charge on any atom is -0.776 e. The monoisotopic (exact) mass is 146 g/mol. The van der Waals surface area contributed by atoms with Gasteiger partial charge >= 0.3 is 0 Å². The molecule has 0 amide bonds. The van der Waals surface area contributed by atoms with Gasteiger partial charge in [-0.15, -0.1) is 0 Å². The van der Waals surface area contributed by atoms with Crippen molar-refractivity contribution in [3.63, 3.8) is 0 Å². The molecule has 9 heavy (non-hydrogen) atoms. The Morgan fingerprint density at radius 3 is 2.78 bits per heavy atom. The van der Waals surface area contributed by atoms with Gasteiger partial charge in [0, 0.05) is 5.75 Å². The van der Waals surface area contributed by atoms with Crippen molar-refractivity contribution < 1.29 is 0 Å². The number of hydrogen-bond acceptors (Lipinski definition) is 3. The molecule has 0 spiro atoms. The molecule has 0 aromatic carbocycles. The summed E-state index contributed by atoms with van der Waals surface area (Å²) in [5.41, 5.74) is 0. The molecule has 54 valence electrons. The summed E-state index contributed by atoms with van der Waals surface area (Å²) in [5, 5.41) is 10.7. The Morgan fingerprint density at radius 2 is 1.89 bits per heavy atom. The molecule has 0 bridgehead atoms. The van der Waals surface area contributed by atoms with Gasteiger partial charge in [0.25, 0.3) is 0 Å². The fourth-order valence-corrected chi connectivity index (χ4v) is 1.72. The molecule has 1 saturated heterocycles. The fourth-order valence-electron chi connectivity index (χ4n) is 0.927. The molecule has 1 aliphatic heterocycles. The molecule has 1 fully saturated rings. The Hall–Kier alpha value is 0.270. The molecular weight excluding hydrogens is 134 g/mol. The Balaban J connectivity index is 2.12. The van der Waals surface area contributed by atoms with E-state index in [-0.39, 0.29) is 0 Å². The lowest BCUT2D eigenvalue weighted by Gasteiger charge is -2.27. The van der Waals surface area contributed by atoms with Crippen LogP contribution in [0.25, 0.3) is 0 Å². The third kappa shape index (κ3) is 3.08. The van der Waals surface area contributed by atoms with Crippen LogP contribution in [0.15, 0.2) is 0 Å². The zero-order chi connectivity index (χ0) is 6.53. The summed E-state index contributed by atoms with van der Waals surface area (Å²) < 4.78 is 1.11. The second kappa shape index (κ2) is 4.14. The molecule has 2 nitrogen and oxygen atoms in total. The van der Waals surface area contributed by atoms with Crippen LogP contribution >= 0.6 is 11.9 Å². The zero-order valence-electron chi connectivity index (χ0n) is 5.51. The van der Waals surface area contributed by atoms with Crippen LogP contribution in [0.5, 0.6) is 0 Å². The quantitative estimate of drug-likeness (QED) is 0.489. The van der Waals surface area contributed by atoms with Gasteiger partial charge in [0.15, 0.2) is 0 Å². The molecule has 0 aromatic rings. The van der Waals surface area contributed by atoms with Gasteiger partial charge in [0.1, 0.15) is 0 Å². The minimum atomic E-state index is 0.727. The summed E-state index contributed by atoms with van der Waals surface area (Å²) >= 11 is 1.43. The first-order chi connectivity index (χ1) is 4.39. The maximum Gasteiger partial charge on any atom is 0.00717 e. The van der Waals surface area contributed by atoms with Crippen molar-refractivity contribution in [2.75, 3.05) is 12.3 Å². The fraction of sp³-hybridized carbons (Fsp3) is 1.00. The predicted octanol–water partition coefficient (Wildman–Crippen LogP) is 2.01. The van der Waals surface area contributed by atoms with Crippen molar-refractivity contribution in [1.82, 2.24) is 4.47 Å². The van der Waals surface area contributed by atoms with E-state index in [0.717, 1.165) is 23.2 Å². The maximum absolute atomic E-state index is 10.7. The average Bonchev–Trinajstić information content (AvgIpc) is 1.79. The first kappa shape index (κ1) is 7.38. The molecule has 0 saturated carbocycles. The SMILES string of the molecule is [O-]N1CCCCCCS1. The van der Waals surface area contributed by atoms with Gasteiger partial charge < -0.3 is 9.68 Å². The van der Waals surface area contributed by atoms with Gasteiger partial charge in [0.2, 0.25) is 0 Å². The zero-order valence-corrected chi connectivity index (χ0v) is 6.32. The highest BCUT2D eigenvalue weighted by atomic mass is 32.2.